The minimum absolute atomic E-state index is 0.0681. The van der Waals surface area contributed by atoms with Gasteiger partial charge in [0.2, 0.25) is 9.39 Å². The molecule has 0 saturated heterocycles. The zero-order valence-corrected chi connectivity index (χ0v) is 15.2. The topological polar surface area (TPSA) is 136 Å². The number of rotatable bonds is 9. The standard InChI is InChI=1S/C12H15Cl3O9/c1-9(5-16,22-8(21)10(2,13)14)23-12(4,7(19)20)24-11(3,15)6(17)18/h5H,1-4H3,(H,17,18)(H,19,20)/t9-,11?,12?/m0/s1. The van der Waals surface area contributed by atoms with Crippen LogP contribution in [-0.2, 0) is 33.4 Å². The van der Waals surface area contributed by atoms with E-state index in [-0.39, 0.29) is 6.29 Å². The normalized spacial score (nSPS) is 19.3. The van der Waals surface area contributed by atoms with Gasteiger partial charge in [0.25, 0.3) is 11.6 Å². The van der Waals surface area contributed by atoms with Gasteiger partial charge in [0.1, 0.15) is 0 Å². The molecule has 0 bridgehead atoms. The molecule has 0 saturated carbocycles. The van der Waals surface area contributed by atoms with E-state index in [1.807, 2.05) is 0 Å². The van der Waals surface area contributed by atoms with Crippen molar-refractivity contribution in [3.63, 3.8) is 0 Å². The van der Waals surface area contributed by atoms with Crippen molar-refractivity contribution in [3.8, 4) is 0 Å². The van der Waals surface area contributed by atoms with Crippen molar-refractivity contribution in [2.75, 3.05) is 0 Å². The number of esters is 1. The van der Waals surface area contributed by atoms with E-state index in [1.54, 1.807) is 0 Å². The molecule has 0 aliphatic carbocycles. The summed E-state index contributed by atoms with van der Waals surface area (Å²) in [5, 5.41) is 15.6. The number of carboxylic acid groups (broad SMARTS) is 2. The van der Waals surface area contributed by atoms with Crippen LogP contribution < -0.4 is 0 Å². The van der Waals surface area contributed by atoms with Gasteiger partial charge in [-0.15, -0.1) is 0 Å². The smallest absolute Gasteiger partial charge is 0.364 e. The van der Waals surface area contributed by atoms with Crippen LogP contribution in [0, 0.1) is 0 Å². The minimum atomic E-state index is -2.78. The first-order valence-electron chi connectivity index (χ1n) is 6.13. The van der Waals surface area contributed by atoms with Gasteiger partial charge in [-0.1, -0.05) is 34.8 Å². The molecule has 0 aromatic carbocycles. The maximum atomic E-state index is 11.7. The molecule has 0 amide bonds. The fraction of sp³-hybridized carbons (Fsp3) is 0.667. The molecule has 138 valence electrons. The fourth-order valence-corrected chi connectivity index (χ4v) is 1.47. The van der Waals surface area contributed by atoms with Crippen LogP contribution in [0.25, 0.3) is 0 Å². The predicted octanol–water partition coefficient (Wildman–Crippen LogP) is 1.51. The lowest BCUT2D eigenvalue weighted by Gasteiger charge is -2.36. The third-order valence-electron chi connectivity index (χ3n) is 2.42. The van der Waals surface area contributed by atoms with Gasteiger partial charge >= 0.3 is 17.9 Å². The molecule has 0 fully saturated rings. The second-order valence-corrected chi connectivity index (χ2v) is 7.52. The number of carbonyl (C=O) groups excluding carboxylic acids is 2. The van der Waals surface area contributed by atoms with Crippen LogP contribution in [0.1, 0.15) is 27.7 Å². The number of alkyl halides is 3. The van der Waals surface area contributed by atoms with Crippen LogP contribution in [0.2, 0.25) is 0 Å². The first-order valence-corrected chi connectivity index (χ1v) is 7.26. The Hall–Kier alpha value is -1.13. The summed E-state index contributed by atoms with van der Waals surface area (Å²) in [5.41, 5.74) is 0. The number of carboxylic acids is 2. The highest BCUT2D eigenvalue weighted by molar-refractivity contribution is 6.57. The van der Waals surface area contributed by atoms with E-state index >= 15 is 0 Å². The van der Waals surface area contributed by atoms with Crippen LogP contribution in [0.5, 0.6) is 0 Å². The first kappa shape index (κ1) is 22.9. The van der Waals surface area contributed by atoms with Gasteiger partial charge in [0.05, 0.1) is 0 Å². The number of aldehydes is 1. The van der Waals surface area contributed by atoms with Gasteiger partial charge in [-0.3, -0.25) is 9.53 Å². The molecule has 0 aromatic heterocycles. The van der Waals surface area contributed by atoms with Gasteiger partial charge in [0, 0.05) is 13.8 Å². The Kier molecular flexibility index (Phi) is 7.05. The van der Waals surface area contributed by atoms with Crippen molar-refractivity contribution in [1.82, 2.24) is 0 Å². The second kappa shape index (κ2) is 7.40. The van der Waals surface area contributed by atoms with E-state index in [2.05, 4.69) is 4.74 Å². The summed E-state index contributed by atoms with van der Waals surface area (Å²) in [7, 11) is 0. The van der Waals surface area contributed by atoms with E-state index < -0.39 is 38.9 Å². The number of carbonyl (C=O) groups is 4. The molecule has 2 unspecified atom stereocenters. The summed E-state index contributed by atoms with van der Waals surface area (Å²) in [6.45, 7) is 3.50. The second-order valence-electron chi connectivity index (χ2n) is 5.09. The summed E-state index contributed by atoms with van der Waals surface area (Å²) in [4.78, 5) is 45.2. The van der Waals surface area contributed by atoms with Crippen LogP contribution >= 0.6 is 34.8 Å². The zero-order valence-electron chi connectivity index (χ0n) is 13.0. The third-order valence-corrected chi connectivity index (χ3v) is 2.97. The van der Waals surface area contributed by atoms with Crippen molar-refractivity contribution in [2.45, 2.75) is 48.7 Å². The number of hydrogen-bond acceptors (Lipinski definition) is 7. The quantitative estimate of drug-likeness (QED) is 0.251. The van der Waals surface area contributed by atoms with E-state index in [0.717, 1.165) is 27.7 Å². The summed E-state index contributed by atoms with van der Waals surface area (Å²) in [6.07, 6.45) is -0.0681. The van der Waals surface area contributed by atoms with Crippen LogP contribution in [0.4, 0.5) is 0 Å². The number of hydrogen-bond donors (Lipinski definition) is 2. The third kappa shape index (κ3) is 6.06. The number of aliphatic carboxylic acids is 2. The average Bonchev–Trinajstić information content (AvgIpc) is 2.36. The van der Waals surface area contributed by atoms with Crippen LogP contribution in [0.3, 0.4) is 0 Å². The Bertz CT molecular complexity index is 542. The maximum absolute atomic E-state index is 11.7. The Labute approximate surface area is 151 Å². The molecule has 2 N–H and O–H groups in total. The highest BCUT2D eigenvalue weighted by Gasteiger charge is 2.52. The lowest BCUT2D eigenvalue weighted by molar-refractivity contribution is -0.324. The summed E-state index contributed by atoms with van der Waals surface area (Å²) < 4.78 is 12.2. The lowest BCUT2D eigenvalue weighted by atomic mass is 10.2. The molecular formula is C12H15Cl3O9. The molecule has 12 heteroatoms. The Morgan fingerprint density at radius 1 is 0.917 bits per heavy atom. The van der Waals surface area contributed by atoms with Gasteiger partial charge in [0.15, 0.2) is 6.29 Å². The molecule has 0 spiro atoms. The van der Waals surface area contributed by atoms with E-state index in [0.29, 0.717) is 0 Å². The molecule has 0 aliphatic heterocycles. The molecule has 0 heterocycles. The van der Waals surface area contributed by atoms with Crippen molar-refractivity contribution in [1.29, 1.82) is 0 Å². The molecule has 0 radical (unpaired) electrons. The Morgan fingerprint density at radius 2 is 1.38 bits per heavy atom. The van der Waals surface area contributed by atoms with Crippen molar-refractivity contribution in [2.24, 2.45) is 0 Å². The van der Waals surface area contributed by atoms with E-state index in [9.17, 15) is 24.3 Å². The summed E-state index contributed by atoms with van der Waals surface area (Å²) in [5.74, 6) is -10.2. The number of halogens is 3. The molecule has 3 atom stereocenters. The van der Waals surface area contributed by atoms with Crippen molar-refractivity contribution >= 4 is 59.0 Å². The molecule has 24 heavy (non-hydrogen) atoms. The fourth-order valence-electron chi connectivity index (χ4n) is 1.25. The lowest BCUT2D eigenvalue weighted by Crippen LogP contribution is -2.55. The van der Waals surface area contributed by atoms with Gasteiger partial charge in [-0.2, -0.15) is 0 Å². The molecule has 0 aliphatic rings. The highest BCUT2D eigenvalue weighted by Crippen LogP contribution is 2.32. The number of ether oxygens (including phenoxy) is 3. The largest absolute Gasteiger partial charge is 0.478 e. The van der Waals surface area contributed by atoms with E-state index in [4.69, 9.17) is 49.4 Å². The summed E-state index contributed by atoms with van der Waals surface area (Å²) >= 11 is 16.5. The Morgan fingerprint density at radius 3 is 1.67 bits per heavy atom. The molecule has 9 nitrogen and oxygen atoms in total. The monoisotopic (exact) mass is 408 g/mol. The van der Waals surface area contributed by atoms with Gasteiger partial charge in [-0.25, -0.2) is 14.4 Å². The highest BCUT2D eigenvalue weighted by atomic mass is 35.5. The van der Waals surface area contributed by atoms with Gasteiger partial charge in [-0.05, 0) is 13.8 Å². The van der Waals surface area contributed by atoms with Crippen LogP contribution in [-0.4, -0.2) is 55.4 Å². The molecule has 0 aromatic rings. The van der Waals surface area contributed by atoms with Crippen molar-refractivity contribution < 1.29 is 43.6 Å². The predicted molar refractivity (Wildman–Crippen MR) is 80.8 cm³/mol. The van der Waals surface area contributed by atoms with Crippen LogP contribution in [0.15, 0.2) is 0 Å². The first-order chi connectivity index (χ1) is 10.5. The molecular weight excluding hydrogens is 394 g/mol. The zero-order chi connectivity index (χ0) is 19.6. The average molecular weight is 410 g/mol. The van der Waals surface area contributed by atoms with Gasteiger partial charge < -0.3 is 19.7 Å². The minimum Gasteiger partial charge on any atom is -0.478 e. The Balaban J connectivity index is 5.62. The maximum Gasteiger partial charge on any atom is 0.364 e. The SMILES string of the molecule is CC(Cl)(Cl)C(=O)O[C@](C)(C=O)OC(C)(OC(C)(Cl)C(=O)O)C(=O)O. The summed E-state index contributed by atoms with van der Waals surface area (Å²) in [6, 6.07) is 0. The van der Waals surface area contributed by atoms with E-state index in [1.165, 1.54) is 0 Å². The molecule has 0 rings (SSSR count). The van der Waals surface area contributed by atoms with Crippen molar-refractivity contribution in [3.05, 3.63) is 0 Å².